The van der Waals surface area contributed by atoms with Gasteiger partial charge in [0.15, 0.2) is 9.84 Å². The van der Waals surface area contributed by atoms with E-state index >= 15 is 0 Å². The van der Waals surface area contributed by atoms with Crippen molar-refractivity contribution in [1.82, 2.24) is 0 Å². The Bertz CT molecular complexity index is 1060. The van der Waals surface area contributed by atoms with Gasteiger partial charge in [-0.25, -0.2) is 13.2 Å². The molecular weight excluding hydrogens is 469 g/mol. The van der Waals surface area contributed by atoms with E-state index in [1.807, 2.05) is 6.07 Å². The van der Waals surface area contributed by atoms with Crippen LogP contribution in [0.25, 0.3) is 0 Å². The maximum atomic E-state index is 12.6. The van der Waals surface area contributed by atoms with Crippen molar-refractivity contribution in [3.8, 4) is 5.75 Å². The van der Waals surface area contributed by atoms with E-state index in [-0.39, 0.29) is 22.7 Å². The van der Waals surface area contributed by atoms with Crippen molar-refractivity contribution < 1.29 is 35.9 Å². The van der Waals surface area contributed by atoms with Gasteiger partial charge in [0.05, 0.1) is 16.2 Å². The summed E-state index contributed by atoms with van der Waals surface area (Å²) in [4.78, 5) is 12.5. The molecule has 1 unspecified atom stereocenters. The van der Waals surface area contributed by atoms with Gasteiger partial charge in [0.2, 0.25) is 0 Å². The van der Waals surface area contributed by atoms with Crippen LogP contribution in [0.5, 0.6) is 5.75 Å². The molecule has 0 bridgehead atoms. The Morgan fingerprint density at radius 2 is 1.62 bits per heavy atom. The summed E-state index contributed by atoms with van der Waals surface area (Å²) in [6.45, 7) is 0. The van der Waals surface area contributed by atoms with Crippen molar-refractivity contribution in [3.05, 3.63) is 72.3 Å². The number of hydrogen-bond donors (Lipinski definition) is 0. The third kappa shape index (κ3) is 7.90. The topological polar surface area (TPSA) is 69.7 Å². The molecule has 0 amide bonds. The molecule has 1 aliphatic rings. The van der Waals surface area contributed by atoms with Gasteiger partial charge in [-0.2, -0.15) is 0 Å². The lowest BCUT2D eigenvalue weighted by atomic mass is 9.84. The molecule has 0 N–H and O–H groups in total. The first-order valence-corrected chi connectivity index (χ1v) is 12.8. The molecule has 1 atom stereocenters. The maximum Gasteiger partial charge on any atom is 0.573 e. The van der Waals surface area contributed by atoms with Crippen molar-refractivity contribution in [2.24, 2.45) is 5.92 Å². The summed E-state index contributed by atoms with van der Waals surface area (Å²) in [5, 5.41) is 0. The van der Waals surface area contributed by atoms with Crippen LogP contribution in [-0.4, -0.2) is 32.6 Å². The minimum atomic E-state index is -4.85. The molecule has 0 aliphatic heterocycles. The van der Waals surface area contributed by atoms with Crippen LogP contribution in [-0.2, 0) is 14.6 Å². The number of rotatable bonds is 9. The summed E-state index contributed by atoms with van der Waals surface area (Å²) < 4.78 is 71.5. The lowest BCUT2D eigenvalue weighted by Gasteiger charge is -2.29. The molecule has 34 heavy (non-hydrogen) atoms. The van der Waals surface area contributed by atoms with Crippen LogP contribution < -0.4 is 4.74 Å². The quantitative estimate of drug-likeness (QED) is 0.309. The first kappa shape index (κ1) is 25.8. The second-order valence-corrected chi connectivity index (χ2v) is 10.2. The van der Waals surface area contributed by atoms with Crippen LogP contribution in [0, 0.1) is 5.92 Å². The molecule has 0 heterocycles. The van der Waals surface area contributed by atoms with Crippen molar-refractivity contribution in [2.75, 3.05) is 5.75 Å². The van der Waals surface area contributed by atoms with Gasteiger partial charge in [-0.3, -0.25) is 0 Å². The standard InChI is InChI=1S/C25H27F3O5S/c26-25(27,28)33-21-14-16-22(17-15-21)34(30,31)18-8-7-13-23(19-9-3-1-4-10-19)32-24(29)20-11-5-2-6-12-20/h2,5-8,11-12,14-17,19,23H,1,3-4,9-10,13,18H2/b8-7+. The highest BCUT2D eigenvalue weighted by molar-refractivity contribution is 7.91. The number of carbonyl (C=O) groups is 1. The molecule has 5 nitrogen and oxygen atoms in total. The van der Waals surface area contributed by atoms with Gasteiger partial charge in [0.1, 0.15) is 11.9 Å². The molecule has 2 aromatic carbocycles. The van der Waals surface area contributed by atoms with Gasteiger partial charge in [-0.15, -0.1) is 13.2 Å². The van der Waals surface area contributed by atoms with Gasteiger partial charge >= 0.3 is 12.3 Å². The van der Waals surface area contributed by atoms with E-state index in [4.69, 9.17) is 4.74 Å². The zero-order valence-electron chi connectivity index (χ0n) is 18.5. The van der Waals surface area contributed by atoms with Gasteiger partial charge < -0.3 is 9.47 Å². The number of esters is 1. The van der Waals surface area contributed by atoms with Gasteiger partial charge in [0, 0.05) is 6.42 Å². The number of carbonyl (C=O) groups excluding carboxylic acids is 1. The fraction of sp³-hybridized carbons (Fsp3) is 0.400. The Morgan fingerprint density at radius 1 is 0.971 bits per heavy atom. The Balaban J connectivity index is 1.61. The average Bonchev–Trinajstić information content (AvgIpc) is 2.81. The third-order valence-corrected chi connectivity index (χ3v) is 7.33. The molecular formula is C25H27F3O5S. The highest BCUT2D eigenvalue weighted by atomic mass is 32.2. The van der Waals surface area contributed by atoms with Crippen LogP contribution in [0.2, 0.25) is 0 Å². The number of benzene rings is 2. The van der Waals surface area contributed by atoms with Crippen LogP contribution in [0.4, 0.5) is 13.2 Å². The summed E-state index contributed by atoms with van der Waals surface area (Å²) in [5.41, 5.74) is 0.466. The van der Waals surface area contributed by atoms with E-state index in [1.54, 1.807) is 30.3 Å². The molecule has 1 saturated carbocycles. The molecule has 2 aromatic rings. The van der Waals surface area contributed by atoms with E-state index in [2.05, 4.69) is 4.74 Å². The largest absolute Gasteiger partial charge is 0.573 e. The Labute approximate surface area is 197 Å². The molecule has 9 heteroatoms. The lowest BCUT2D eigenvalue weighted by Crippen LogP contribution is -2.28. The lowest BCUT2D eigenvalue weighted by molar-refractivity contribution is -0.274. The number of sulfone groups is 1. The second kappa shape index (κ2) is 11.6. The van der Waals surface area contributed by atoms with Crippen LogP contribution in [0.3, 0.4) is 0 Å². The maximum absolute atomic E-state index is 12.6. The first-order valence-electron chi connectivity index (χ1n) is 11.1. The summed E-state index contributed by atoms with van der Waals surface area (Å²) >= 11 is 0. The number of hydrogen-bond acceptors (Lipinski definition) is 5. The molecule has 184 valence electrons. The minimum Gasteiger partial charge on any atom is -0.458 e. The van der Waals surface area contributed by atoms with Gasteiger partial charge in [0.25, 0.3) is 0 Å². The molecule has 3 rings (SSSR count). The Hall–Kier alpha value is -2.81. The van der Waals surface area contributed by atoms with Gasteiger partial charge in [-0.05, 0) is 55.2 Å². The summed E-state index contributed by atoms with van der Waals surface area (Å²) in [6, 6.07) is 12.8. The molecule has 1 fully saturated rings. The fourth-order valence-corrected chi connectivity index (χ4v) is 5.13. The van der Waals surface area contributed by atoms with E-state index in [0.29, 0.717) is 12.0 Å². The van der Waals surface area contributed by atoms with Gasteiger partial charge in [-0.1, -0.05) is 49.6 Å². The first-order chi connectivity index (χ1) is 16.1. The van der Waals surface area contributed by atoms with E-state index in [1.165, 1.54) is 6.08 Å². The van der Waals surface area contributed by atoms with E-state index < -0.39 is 27.9 Å². The predicted octanol–water partition coefficient (Wildman–Crippen LogP) is 6.11. The second-order valence-electron chi connectivity index (χ2n) is 8.22. The zero-order chi connectivity index (χ0) is 24.6. The van der Waals surface area contributed by atoms with Crippen molar-refractivity contribution in [1.29, 1.82) is 0 Å². The fourth-order valence-electron chi connectivity index (χ4n) is 3.99. The SMILES string of the molecule is O=C(OC(C/C=C/CS(=O)(=O)c1ccc(OC(F)(F)F)cc1)C1CCCCC1)c1ccccc1. The summed E-state index contributed by atoms with van der Waals surface area (Å²) in [6.07, 6.45) is 3.54. The molecule has 0 spiro atoms. The van der Waals surface area contributed by atoms with Crippen molar-refractivity contribution in [3.63, 3.8) is 0 Å². The molecule has 0 saturated heterocycles. The summed E-state index contributed by atoms with van der Waals surface area (Å²) in [7, 11) is -3.74. The number of halogens is 3. The smallest absolute Gasteiger partial charge is 0.458 e. The van der Waals surface area contributed by atoms with Crippen LogP contribution in [0.1, 0.15) is 48.9 Å². The monoisotopic (exact) mass is 496 g/mol. The summed E-state index contributed by atoms with van der Waals surface area (Å²) in [5.74, 6) is -1.00. The molecule has 0 radical (unpaired) electrons. The highest BCUT2D eigenvalue weighted by Crippen LogP contribution is 2.30. The third-order valence-electron chi connectivity index (χ3n) is 5.71. The minimum absolute atomic E-state index is 0.106. The van der Waals surface area contributed by atoms with Crippen molar-refractivity contribution >= 4 is 15.8 Å². The number of ether oxygens (including phenoxy) is 2. The van der Waals surface area contributed by atoms with E-state index in [0.717, 1.165) is 56.4 Å². The number of alkyl halides is 3. The van der Waals surface area contributed by atoms with Crippen molar-refractivity contribution in [2.45, 2.75) is 55.9 Å². The normalized spacial score (nSPS) is 16.3. The Kier molecular flexibility index (Phi) is 8.77. The van der Waals surface area contributed by atoms with Crippen LogP contribution in [0.15, 0.2) is 71.6 Å². The molecule has 0 aromatic heterocycles. The highest BCUT2D eigenvalue weighted by Gasteiger charge is 2.31. The van der Waals surface area contributed by atoms with E-state index in [9.17, 15) is 26.4 Å². The Morgan fingerprint density at radius 3 is 2.24 bits per heavy atom. The average molecular weight is 497 g/mol. The molecule has 1 aliphatic carbocycles. The zero-order valence-corrected chi connectivity index (χ0v) is 19.4. The van der Waals surface area contributed by atoms with Crippen LogP contribution >= 0.6 is 0 Å². The predicted molar refractivity (Wildman–Crippen MR) is 121 cm³/mol.